The molecule has 2 heterocycles. The summed E-state index contributed by atoms with van der Waals surface area (Å²) in [6.45, 7) is 3.56. The van der Waals surface area contributed by atoms with Gasteiger partial charge in [0.15, 0.2) is 0 Å². The Labute approximate surface area is 237 Å². The molecule has 1 aromatic heterocycles. The molecule has 2 N–H and O–H groups in total. The molecule has 4 aromatic rings. The number of carbonyl (C=O) groups is 1. The highest BCUT2D eigenvalue weighted by atomic mass is 19.1. The van der Waals surface area contributed by atoms with Gasteiger partial charge in [-0.25, -0.2) is 13.6 Å². The number of hydrogen-bond acceptors (Lipinski definition) is 6. The zero-order valence-corrected chi connectivity index (χ0v) is 22.7. The van der Waals surface area contributed by atoms with Gasteiger partial charge in [0.05, 0.1) is 23.4 Å². The van der Waals surface area contributed by atoms with E-state index in [2.05, 4.69) is 15.2 Å². The van der Waals surface area contributed by atoms with Gasteiger partial charge in [0.25, 0.3) is 0 Å². The Morgan fingerprint density at radius 2 is 1.85 bits per heavy atom. The lowest BCUT2D eigenvalue weighted by Gasteiger charge is -2.35. The molecule has 9 heteroatoms. The second-order valence-electron chi connectivity index (χ2n) is 10.1. The molecule has 0 saturated carbocycles. The number of aromatic hydroxyl groups is 1. The molecule has 0 unspecified atom stereocenters. The van der Waals surface area contributed by atoms with E-state index in [9.17, 15) is 23.9 Å². The van der Waals surface area contributed by atoms with Gasteiger partial charge in [0.1, 0.15) is 23.5 Å². The number of carbonyl (C=O) groups excluding carboxylic acids is 1. The van der Waals surface area contributed by atoms with Crippen molar-refractivity contribution in [2.75, 3.05) is 24.6 Å². The molecule has 0 spiro atoms. The maximum absolute atomic E-state index is 14.3. The zero-order valence-electron chi connectivity index (χ0n) is 22.7. The summed E-state index contributed by atoms with van der Waals surface area (Å²) < 4.78 is 33.9. The third-order valence-electron chi connectivity index (χ3n) is 7.34. The number of nitriles is 1. The standard InChI is InChI=1S/C32H30F2N4O3/c1-2-3-13-41-32(40)37-25-9-11-38(12-10-25)30-27-16-20(26-6-4-5-21(18-35)31(26)39)7-8-29(27)36-19-28(30)22-14-23(33)17-24(34)15-22/h4-8,14-17,19,25,39H,2-3,9-13H2,1H3,(H,37,40). The normalized spacial score (nSPS) is 13.7. The molecule has 0 aliphatic carbocycles. The largest absolute Gasteiger partial charge is 0.506 e. The minimum atomic E-state index is -0.692. The van der Waals surface area contributed by atoms with Crippen LogP contribution < -0.4 is 10.2 Å². The van der Waals surface area contributed by atoms with E-state index in [1.54, 1.807) is 24.4 Å². The number of alkyl carbamates (subject to hydrolysis) is 1. The molecule has 41 heavy (non-hydrogen) atoms. The van der Waals surface area contributed by atoms with Crippen LogP contribution in [-0.2, 0) is 4.74 Å². The summed E-state index contributed by atoms with van der Waals surface area (Å²) >= 11 is 0. The SMILES string of the molecule is CCCCOC(=O)NC1CCN(c2c(-c3cc(F)cc(F)c3)cnc3ccc(-c4cccc(C#N)c4O)cc23)CC1. The second-order valence-corrected chi connectivity index (χ2v) is 10.1. The van der Waals surface area contributed by atoms with E-state index >= 15 is 0 Å². The minimum absolute atomic E-state index is 0.0650. The number of phenols is 1. The van der Waals surface area contributed by atoms with Crippen LogP contribution in [0.4, 0.5) is 19.3 Å². The molecule has 5 rings (SSSR count). The summed E-state index contributed by atoms with van der Waals surface area (Å²) in [5.41, 5.74) is 3.65. The smallest absolute Gasteiger partial charge is 0.407 e. The first-order valence-corrected chi connectivity index (χ1v) is 13.7. The summed E-state index contributed by atoms with van der Waals surface area (Å²) in [5, 5.41) is 23.8. The molecule has 210 valence electrons. The Balaban J connectivity index is 1.55. The number of rotatable bonds is 7. The van der Waals surface area contributed by atoms with Crippen LogP contribution in [0.1, 0.15) is 38.2 Å². The predicted octanol–water partition coefficient (Wildman–Crippen LogP) is 6.92. The van der Waals surface area contributed by atoms with Gasteiger partial charge in [-0.05, 0) is 60.7 Å². The Bertz CT molecular complexity index is 1610. The number of anilines is 1. The van der Waals surface area contributed by atoms with Gasteiger partial charge < -0.3 is 20.1 Å². The number of para-hydroxylation sites is 1. The van der Waals surface area contributed by atoms with Crippen LogP contribution in [0.5, 0.6) is 5.75 Å². The fourth-order valence-electron chi connectivity index (χ4n) is 5.24. The number of hydrogen-bond donors (Lipinski definition) is 2. The number of aromatic nitrogens is 1. The van der Waals surface area contributed by atoms with Crippen LogP contribution in [0.25, 0.3) is 33.2 Å². The van der Waals surface area contributed by atoms with Gasteiger partial charge in [-0.1, -0.05) is 31.5 Å². The van der Waals surface area contributed by atoms with Crippen LogP contribution in [0.2, 0.25) is 0 Å². The number of unbranched alkanes of at least 4 members (excludes halogenated alkanes) is 1. The van der Waals surface area contributed by atoms with Crippen molar-refractivity contribution in [1.82, 2.24) is 10.3 Å². The summed E-state index contributed by atoms with van der Waals surface area (Å²) in [6, 6.07) is 15.8. The van der Waals surface area contributed by atoms with E-state index in [1.165, 1.54) is 12.1 Å². The van der Waals surface area contributed by atoms with Gasteiger partial charge in [-0.15, -0.1) is 0 Å². The highest BCUT2D eigenvalue weighted by molar-refractivity contribution is 6.02. The molecular weight excluding hydrogens is 526 g/mol. The van der Waals surface area contributed by atoms with Crippen molar-refractivity contribution in [2.24, 2.45) is 0 Å². The molecule has 1 fully saturated rings. The molecule has 1 amide bonds. The summed E-state index contributed by atoms with van der Waals surface area (Å²) in [6.07, 6.45) is 4.24. The number of phenolic OH excluding ortho intramolecular Hbond substituents is 1. The van der Waals surface area contributed by atoms with Gasteiger partial charge in [-0.2, -0.15) is 5.26 Å². The van der Waals surface area contributed by atoms with Gasteiger partial charge in [0.2, 0.25) is 0 Å². The molecule has 0 radical (unpaired) electrons. The molecule has 7 nitrogen and oxygen atoms in total. The lowest BCUT2D eigenvalue weighted by atomic mass is 9.95. The number of fused-ring (bicyclic) bond motifs is 1. The first-order chi connectivity index (χ1) is 19.9. The Morgan fingerprint density at radius 1 is 1.10 bits per heavy atom. The summed E-state index contributed by atoms with van der Waals surface area (Å²) in [7, 11) is 0. The summed E-state index contributed by atoms with van der Waals surface area (Å²) in [5.74, 6) is -1.50. The molecular formula is C32H30F2N4O3. The Kier molecular flexibility index (Phi) is 8.29. The number of nitrogens with zero attached hydrogens (tertiary/aromatic N) is 3. The zero-order chi connectivity index (χ0) is 28.9. The second kappa shape index (κ2) is 12.2. The topological polar surface area (TPSA) is 98.5 Å². The van der Waals surface area contributed by atoms with E-state index < -0.39 is 17.7 Å². The number of piperidine rings is 1. The molecule has 1 aliphatic rings. The van der Waals surface area contributed by atoms with Gasteiger partial charge >= 0.3 is 6.09 Å². The molecule has 1 aliphatic heterocycles. The van der Waals surface area contributed by atoms with Crippen LogP contribution in [0, 0.1) is 23.0 Å². The highest BCUT2D eigenvalue weighted by Gasteiger charge is 2.26. The van der Waals surface area contributed by atoms with Crippen molar-refractivity contribution in [3.05, 3.63) is 78.0 Å². The highest BCUT2D eigenvalue weighted by Crippen LogP contribution is 2.41. The number of benzene rings is 3. The van der Waals surface area contributed by atoms with Crippen LogP contribution >= 0.6 is 0 Å². The molecule has 0 bridgehead atoms. The van der Waals surface area contributed by atoms with Crippen LogP contribution in [-0.4, -0.2) is 41.9 Å². The van der Waals surface area contributed by atoms with Crippen molar-refractivity contribution in [3.8, 4) is 34.1 Å². The number of pyridine rings is 1. The number of amides is 1. The first-order valence-electron chi connectivity index (χ1n) is 13.7. The third kappa shape index (κ3) is 6.07. The number of halogens is 2. The lowest BCUT2D eigenvalue weighted by molar-refractivity contribution is 0.139. The monoisotopic (exact) mass is 556 g/mol. The van der Waals surface area contributed by atoms with Crippen LogP contribution in [0.15, 0.2) is 60.8 Å². The Hall–Kier alpha value is -4.71. The average molecular weight is 557 g/mol. The lowest BCUT2D eigenvalue weighted by Crippen LogP contribution is -2.45. The van der Waals surface area contributed by atoms with E-state index in [0.717, 1.165) is 30.0 Å². The van der Waals surface area contributed by atoms with E-state index in [1.807, 2.05) is 31.2 Å². The number of nitrogens with one attached hydrogen (secondary N) is 1. The van der Waals surface area contributed by atoms with Crippen molar-refractivity contribution < 1.29 is 23.4 Å². The Morgan fingerprint density at radius 3 is 2.56 bits per heavy atom. The van der Waals surface area contributed by atoms with Gasteiger partial charge in [0, 0.05) is 47.9 Å². The third-order valence-corrected chi connectivity index (χ3v) is 7.34. The maximum Gasteiger partial charge on any atom is 0.407 e. The van der Waals surface area contributed by atoms with Crippen LogP contribution in [0.3, 0.4) is 0 Å². The molecule has 3 aromatic carbocycles. The number of ether oxygens (including phenoxy) is 1. The fraction of sp³-hybridized carbons (Fsp3) is 0.281. The van der Waals surface area contributed by atoms with E-state index in [-0.39, 0.29) is 17.4 Å². The predicted molar refractivity (Wildman–Crippen MR) is 154 cm³/mol. The first kappa shape index (κ1) is 27.8. The fourth-order valence-corrected chi connectivity index (χ4v) is 5.24. The quantitative estimate of drug-likeness (QED) is 0.240. The van der Waals surface area contributed by atoms with Crippen molar-refractivity contribution >= 4 is 22.7 Å². The molecule has 1 saturated heterocycles. The average Bonchev–Trinajstić information content (AvgIpc) is 2.96. The molecule has 0 atom stereocenters. The van der Waals surface area contributed by atoms with Crippen molar-refractivity contribution in [3.63, 3.8) is 0 Å². The maximum atomic E-state index is 14.3. The van der Waals surface area contributed by atoms with Gasteiger partial charge in [-0.3, -0.25) is 4.98 Å². The minimum Gasteiger partial charge on any atom is -0.506 e. The van der Waals surface area contributed by atoms with Crippen molar-refractivity contribution in [2.45, 2.75) is 38.6 Å². The van der Waals surface area contributed by atoms with E-state index in [4.69, 9.17) is 4.74 Å². The van der Waals surface area contributed by atoms with Crippen molar-refractivity contribution in [1.29, 1.82) is 5.26 Å². The summed E-state index contributed by atoms with van der Waals surface area (Å²) in [4.78, 5) is 18.9. The van der Waals surface area contributed by atoms with E-state index in [0.29, 0.717) is 60.3 Å².